The lowest BCUT2D eigenvalue weighted by molar-refractivity contribution is -0.118. The van der Waals surface area contributed by atoms with Gasteiger partial charge in [-0.3, -0.25) is 15.1 Å². The van der Waals surface area contributed by atoms with E-state index >= 15 is 0 Å². The van der Waals surface area contributed by atoms with Gasteiger partial charge in [-0.15, -0.1) is 0 Å². The molecule has 0 saturated heterocycles. The molecule has 2 N–H and O–H groups in total. The molecule has 7 heteroatoms. The van der Waals surface area contributed by atoms with Gasteiger partial charge in [-0.2, -0.15) is 0 Å². The standard InChI is InChI=1S/C32H29BrN2O4/c1-18-7-9-19(10-8-18)30(37)29-27(20-11-12-25-26(13-20)39-17-38-25)28-23(15-32(2,3)16-24(28)36)35(31(29)34)22-6-4-5-21(33)14-22/h4-14,27,34,37H,15-17H2,1-3H3/b30-29+,34-31?/t27-/m0/s1. The summed E-state index contributed by atoms with van der Waals surface area (Å²) in [7, 11) is 0. The van der Waals surface area contributed by atoms with Crippen LogP contribution in [0.4, 0.5) is 5.69 Å². The van der Waals surface area contributed by atoms with Crippen molar-refractivity contribution in [1.82, 2.24) is 0 Å². The molecule has 3 aromatic carbocycles. The number of fused-ring (bicyclic) bond motifs is 1. The number of carbonyl (C=O) groups excluding carboxylic acids is 1. The molecule has 3 aromatic rings. The van der Waals surface area contributed by atoms with E-state index in [1.807, 2.05) is 78.6 Å². The van der Waals surface area contributed by atoms with E-state index in [0.29, 0.717) is 41.1 Å². The molecule has 6 nitrogen and oxygen atoms in total. The number of anilines is 1. The number of carbonyl (C=O) groups is 1. The predicted molar refractivity (Wildman–Crippen MR) is 155 cm³/mol. The molecular weight excluding hydrogens is 556 g/mol. The zero-order valence-corrected chi connectivity index (χ0v) is 23.6. The Morgan fingerprint density at radius 2 is 1.77 bits per heavy atom. The minimum atomic E-state index is -0.643. The SMILES string of the molecule is Cc1ccc(/C(O)=C2\C(=N)N(c3cccc(Br)c3)C3=C(C(=O)CC(C)(C)C3)[C@@H]2c2ccc3c(c2)OCO3)cc1. The van der Waals surface area contributed by atoms with Crippen LogP contribution in [-0.4, -0.2) is 23.5 Å². The van der Waals surface area contributed by atoms with Crippen LogP contribution in [0.2, 0.25) is 0 Å². The van der Waals surface area contributed by atoms with Gasteiger partial charge in [-0.1, -0.05) is 71.7 Å². The van der Waals surface area contributed by atoms with Crippen LogP contribution in [0.3, 0.4) is 0 Å². The summed E-state index contributed by atoms with van der Waals surface area (Å²) in [4.78, 5) is 15.9. The maximum atomic E-state index is 14.0. The first-order chi connectivity index (χ1) is 18.6. The monoisotopic (exact) mass is 584 g/mol. The number of halogens is 1. The van der Waals surface area contributed by atoms with Gasteiger partial charge in [0.05, 0.1) is 0 Å². The van der Waals surface area contributed by atoms with Gasteiger partial charge in [0.1, 0.15) is 11.6 Å². The summed E-state index contributed by atoms with van der Waals surface area (Å²) in [5.41, 5.74) is 4.68. The van der Waals surface area contributed by atoms with Gasteiger partial charge in [0.25, 0.3) is 0 Å². The summed E-state index contributed by atoms with van der Waals surface area (Å²) < 4.78 is 12.1. The van der Waals surface area contributed by atoms with Crippen LogP contribution in [0.1, 0.15) is 49.3 Å². The first-order valence-electron chi connectivity index (χ1n) is 12.9. The molecule has 1 aliphatic carbocycles. The van der Waals surface area contributed by atoms with Crippen LogP contribution in [0, 0.1) is 17.7 Å². The van der Waals surface area contributed by atoms with Crippen molar-refractivity contribution >= 4 is 39.0 Å². The molecule has 0 spiro atoms. The Kier molecular flexibility index (Phi) is 6.14. The molecular formula is C32H29BrN2O4. The third kappa shape index (κ3) is 4.44. The zero-order valence-electron chi connectivity index (χ0n) is 22.0. The van der Waals surface area contributed by atoms with E-state index < -0.39 is 5.92 Å². The number of ketones is 1. The summed E-state index contributed by atoms with van der Waals surface area (Å²) in [6.45, 7) is 6.29. The average Bonchev–Trinajstić information content (AvgIpc) is 3.35. The highest BCUT2D eigenvalue weighted by Gasteiger charge is 2.47. The molecule has 0 aromatic heterocycles. The molecule has 6 rings (SSSR count). The molecule has 39 heavy (non-hydrogen) atoms. The van der Waals surface area contributed by atoms with Gasteiger partial charge in [0.2, 0.25) is 6.79 Å². The summed E-state index contributed by atoms with van der Waals surface area (Å²) in [6.07, 6.45) is 0.994. The van der Waals surface area contributed by atoms with E-state index in [-0.39, 0.29) is 29.6 Å². The van der Waals surface area contributed by atoms with E-state index in [9.17, 15) is 15.3 Å². The number of nitrogens with zero attached hydrogens (tertiary/aromatic N) is 1. The minimum Gasteiger partial charge on any atom is -0.507 e. The number of aliphatic hydroxyl groups is 1. The second-order valence-electron chi connectivity index (χ2n) is 11.1. The van der Waals surface area contributed by atoms with Crippen LogP contribution in [-0.2, 0) is 4.79 Å². The van der Waals surface area contributed by atoms with Crippen molar-refractivity contribution in [3.63, 3.8) is 0 Å². The first-order valence-corrected chi connectivity index (χ1v) is 13.7. The first kappa shape index (κ1) is 25.4. The highest BCUT2D eigenvalue weighted by atomic mass is 79.9. The number of nitrogens with one attached hydrogen (secondary N) is 1. The molecule has 0 saturated carbocycles. The maximum absolute atomic E-state index is 14.0. The number of benzene rings is 3. The minimum absolute atomic E-state index is 0.0191. The number of allylic oxidation sites excluding steroid dienone is 2. The van der Waals surface area contributed by atoms with Gasteiger partial charge in [-0.25, -0.2) is 0 Å². The molecule has 3 aliphatic rings. The van der Waals surface area contributed by atoms with Crippen LogP contribution in [0.25, 0.3) is 5.76 Å². The predicted octanol–water partition coefficient (Wildman–Crippen LogP) is 7.68. The zero-order chi connectivity index (χ0) is 27.5. The van der Waals surface area contributed by atoms with Crippen LogP contribution < -0.4 is 14.4 Å². The van der Waals surface area contributed by atoms with Gasteiger partial charge < -0.3 is 14.6 Å². The Morgan fingerprint density at radius 3 is 2.51 bits per heavy atom. The average molecular weight is 585 g/mol. The third-order valence-electron chi connectivity index (χ3n) is 7.60. The summed E-state index contributed by atoms with van der Waals surface area (Å²) in [5, 5.41) is 21.4. The molecule has 0 unspecified atom stereocenters. The number of rotatable bonds is 3. The number of Topliss-reactive ketones (excluding diaryl/α,β-unsaturated/α-hetero) is 1. The Morgan fingerprint density at radius 1 is 1.03 bits per heavy atom. The quantitative estimate of drug-likeness (QED) is 0.308. The van der Waals surface area contributed by atoms with Crippen molar-refractivity contribution in [2.75, 3.05) is 11.7 Å². The normalized spacial score (nSPS) is 21.2. The van der Waals surface area contributed by atoms with Gasteiger partial charge in [0.15, 0.2) is 17.3 Å². The molecule has 198 valence electrons. The van der Waals surface area contributed by atoms with E-state index in [2.05, 4.69) is 29.8 Å². The van der Waals surface area contributed by atoms with Crippen molar-refractivity contribution in [2.24, 2.45) is 5.41 Å². The van der Waals surface area contributed by atoms with Crippen molar-refractivity contribution in [2.45, 2.75) is 39.5 Å². The number of hydrogen-bond donors (Lipinski definition) is 2. The van der Waals surface area contributed by atoms with Crippen molar-refractivity contribution in [3.05, 3.63) is 105 Å². The fraction of sp³-hybridized carbons (Fsp3) is 0.250. The van der Waals surface area contributed by atoms with Gasteiger partial charge in [0, 0.05) is 44.9 Å². The molecule has 2 aliphatic heterocycles. The number of aryl methyl sites for hydroxylation is 1. The van der Waals surface area contributed by atoms with E-state index in [1.54, 1.807) is 0 Å². The summed E-state index contributed by atoms with van der Waals surface area (Å²) in [5.74, 6) is 0.721. The van der Waals surface area contributed by atoms with Gasteiger partial charge >= 0.3 is 0 Å². The van der Waals surface area contributed by atoms with Crippen molar-refractivity contribution in [1.29, 1.82) is 5.41 Å². The number of aliphatic hydroxyl groups excluding tert-OH is 1. The van der Waals surface area contributed by atoms with E-state index in [0.717, 1.165) is 27.0 Å². The Balaban J connectivity index is 1.67. The Hall–Kier alpha value is -3.84. The number of amidine groups is 1. The molecule has 0 fully saturated rings. The van der Waals surface area contributed by atoms with Crippen molar-refractivity contribution < 1.29 is 19.4 Å². The molecule has 0 bridgehead atoms. The van der Waals surface area contributed by atoms with Crippen LogP contribution in [0.5, 0.6) is 11.5 Å². The molecule has 2 heterocycles. The summed E-state index contributed by atoms with van der Waals surface area (Å²) in [6, 6.07) is 20.9. The Labute approximate surface area is 236 Å². The second-order valence-corrected chi connectivity index (χ2v) is 12.1. The lowest BCUT2D eigenvalue weighted by Crippen LogP contribution is -2.45. The van der Waals surface area contributed by atoms with Crippen LogP contribution >= 0.6 is 15.9 Å². The van der Waals surface area contributed by atoms with E-state index in [1.165, 1.54) is 0 Å². The third-order valence-corrected chi connectivity index (χ3v) is 8.09. The van der Waals surface area contributed by atoms with Crippen molar-refractivity contribution in [3.8, 4) is 11.5 Å². The molecule has 0 amide bonds. The van der Waals surface area contributed by atoms with E-state index in [4.69, 9.17) is 9.47 Å². The topological polar surface area (TPSA) is 82.9 Å². The smallest absolute Gasteiger partial charge is 0.231 e. The lowest BCUT2D eigenvalue weighted by Gasteiger charge is -2.45. The Bertz CT molecular complexity index is 1590. The lowest BCUT2D eigenvalue weighted by atomic mass is 9.67. The molecule has 0 radical (unpaired) electrons. The highest BCUT2D eigenvalue weighted by Crippen LogP contribution is 2.52. The maximum Gasteiger partial charge on any atom is 0.231 e. The fourth-order valence-corrected chi connectivity index (χ4v) is 6.19. The summed E-state index contributed by atoms with van der Waals surface area (Å²) >= 11 is 3.57. The molecule has 1 atom stereocenters. The van der Waals surface area contributed by atoms with Crippen LogP contribution in [0.15, 0.2) is 88.0 Å². The highest BCUT2D eigenvalue weighted by molar-refractivity contribution is 9.10. The second kappa shape index (κ2) is 9.42. The number of ether oxygens (including phenoxy) is 2. The van der Waals surface area contributed by atoms with Gasteiger partial charge in [-0.05, 0) is 54.7 Å². The number of hydrogen-bond acceptors (Lipinski definition) is 5. The largest absolute Gasteiger partial charge is 0.507 e. The fourth-order valence-electron chi connectivity index (χ4n) is 5.81.